The van der Waals surface area contributed by atoms with Crippen molar-refractivity contribution in [3.8, 4) is 0 Å². The minimum absolute atomic E-state index is 1.16. The number of hydrogen-bond donors (Lipinski definition) is 1. The van der Waals surface area contributed by atoms with Gasteiger partial charge in [0.05, 0.1) is 6.33 Å². The van der Waals surface area contributed by atoms with Gasteiger partial charge in [-0.05, 0) is 51.7 Å². The van der Waals surface area contributed by atoms with Crippen LogP contribution in [0.5, 0.6) is 0 Å². The largest absolute Gasteiger partial charge is 0.348 e. The SMILES string of the molecule is c1ncc(CCCCCCCCCCN2CCCC2)[nH]1. The Kier molecular flexibility index (Phi) is 7.76. The minimum atomic E-state index is 1.16. The van der Waals surface area contributed by atoms with Crippen molar-refractivity contribution in [3.63, 3.8) is 0 Å². The number of likely N-dealkylation sites (tertiary alicyclic amines) is 1. The molecule has 114 valence electrons. The molecule has 2 heterocycles. The molecule has 0 radical (unpaired) electrons. The van der Waals surface area contributed by atoms with Crippen LogP contribution < -0.4 is 0 Å². The molecule has 1 aliphatic heterocycles. The molecule has 0 saturated carbocycles. The summed E-state index contributed by atoms with van der Waals surface area (Å²) in [5.74, 6) is 0. The summed E-state index contributed by atoms with van der Waals surface area (Å²) in [7, 11) is 0. The lowest BCUT2D eigenvalue weighted by Gasteiger charge is -2.13. The highest BCUT2D eigenvalue weighted by Gasteiger charge is 2.09. The van der Waals surface area contributed by atoms with Gasteiger partial charge in [0.2, 0.25) is 0 Å². The van der Waals surface area contributed by atoms with Crippen LogP contribution >= 0.6 is 0 Å². The van der Waals surface area contributed by atoms with E-state index in [1.165, 1.54) is 89.5 Å². The van der Waals surface area contributed by atoms with Crippen LogP contribution in [0, 0.1) is 0 Å². The molecule has 3 nitrogen and oxygen atoms in total. The predicted octanol–water partition coefficient (Wildman–Crippen LogP) is 4.17. The van der Waals surface area contributed by atoms with Crippen molar-refractivity contribution >= 4 is 0 Å². The molecule has 2 rings (SSSR count). The maximum atomic E-state index is 4.05. The zero-order chi connectivity index (χ0) is 13.9. The van der Waals surface area contributed by atoms with E-state index in [2.05, 4.69) is 14.9 Å². The Bertz CT molecular complexity index is 315. The van der Waals surface area contributed by atoms with E-state index in [1.807, 2.05) is 6.20 Å². The van der Waals surface area contributed by atoms with E-state index >= 15 is 0 Å². The molecule has 1 N–H and O–H groups in total. The number of hydrogen-bond acceptors (Lipinski definition) is 2. The quantitative estimate of drug-likeness (QED) is 0.616. The molecule has 0 amide bonds. The van der Waals surface area contributed by atoms with E-state index in [4.69, 9.17) is 0 Å². The maximum absolute atomic E-state index is 4.05. The second kappa shape index (κ2) is 9.98. The van der Waals surface area contributed by atoms with Crippen LogP contribution in [0.15, 0.2) is 12.5 Å². The van der Waals surface area contributed by atoms with Gasteiger partial charge >= 0.3 is 0 Å². The van der Waals surface area contributed by atoms with Crippen LogP contribution in [0.1, 0.15) is 69.9 Å². The fourth-order valence-corrected chi connectivity index (χ4v) is 3.14. The molecule has 0 aromatic carbocycles. The highest BCUT2D eigenvalue weighted by atomic mass is 15.1. The minimum Gasteiger partial charge on any atom is -0.348 e. The summed E-state index contributed by atoms with van der Waals surface area (Å²) in [5, 5.41) is 0. The summed E-state index contributed by atoms with van der Waals surface area (Å²) in [6.07, 6.45) is 19.0. The Morgan fingerprint density at radius 3 is 2.20 bits per heavy atom. The first kappa shape index (κ1) is 15.6. The van der Waals surface area contributed by atoms with Crippen molar-refractivity contribution in [1.82, 2.24) is 14.9 Å². The highest BCUT2D eigenvalue weighted by molar-refractivity contribution is 4.93. The van der Waals surface area contributed by atoms with Crippen molar-refractivity contribution in [2.24, 2.45) is 0 Å². The summed E-state index contributed by atoms with van der Waals surface area (Å²) in [4.78, 5) is 9.85. The number of H-pyrrole nitrogens is 1. The van der Waals surface area contributed by atoms with Crippen LogP contribution in [0.25, 0.3) is 0 Å². The van der Waals surface area contributed by atoms with Gasteiger partial charge in [-0.1, -0.05) is 38.5 Å². The van der Waals surface area contributed by atoms with Gasteiger partial charge in [-0.15, -0.1) is 0 Å². The molecule has 0 aliphatic carbocycles. The van der Waals surface area contributed by atoms with Crippen molar-refractivity contribution < 1.29 is 0 Å². The first-order valence-electron chi connectivity index (χ1n) is 8.65. The molecule has 20 heavy (non-hydrogen) atoms. The molecule has 1 saturated heterocycles. The second-order valence-electron chi connectivity index (χ2n) is 6.20. The number of rotatable bonds is 11. The number of nitrogens with zero attached hydrogens (tertiary/aromatic N) is 2. The number of aromatic nitrogens is 2. The molecule has 1 aromatic rings. The van der Waals surface area contributed by atoms with Crippen molar-refractivity contribution in [3.05, 3.63) is 18.2 Å². The average Bonchev–Trinajstić information content (AvgIpc) is 3.14. The molecule has 0 bridgehead atoms. The van der Waals surface area contributed by atoms with Crippen molar-refractivity contribution in [2.45, 2.75) is 70.6 Å². The van der Waals surface area contributed by atoms with E-state index in [0.717, 1.165) is 6.42 Å². The van der Waals surface area contributed by atoms with Crippen LogP contribution in [-0.4, -0.2) is 34.5 Å². The summed E-state index contributed by atoms with van der Waals surface area (Å²) < 4.78 is 0. The third-order valence-corrected chi connectivity index (χ3v) is 4.42. The lowest BCUT2D eigenvalue weighted by molar-refractivity contribution is 0.327. The number of aryl methyl sites for hydroxylation is 1. The van der Waals surface area contributed by atoms with Crippen molar-refractivity contribution in [1.29, 1.82) is 0 Å². The average molecular weight is 277 g/mol. The van der Waals surface area contributed by atoms with Gasteiger partial charge in [-0.25, -0.2) is 4.98 Å². The van der Waals surface area contributed by atoms with Gasteiger partial charge in [0.1, 0.15) is 0 Å². The normalized spacial score (nSPS) is 16.0. The zero-order valence-corrected chi connectivity index (χ0v) is 12.9. The Morgan fingerprint density at radius 2 is 1.55 bits per heavy atom. The molecule has 0 atom stereocenters. The molecule has 0 spiro atoms. The molecule has 0 unspecified atom stereocenters. The molecular formula is C17H31N3. The van der Waals surface area contributed by atoms with E-state index in [1.54, 1.807) is 6.33 Å². The fourth-order valence-electron chi connectivity index (χ4n) is 3.14. The summed E-state index contributed by atoms with van der Waals surface area (Å²) in [6, 6.07) is 0. The summed E-state index contributed by atoms with van der Waals surface area (Å²) in [6.45, 7) is 4.07. The van der Waals surface area contributed by atoms with Crippen LogP contribution in [-0.2, 0) is 6.42 Å². The Balaban J connectivity index is 1.30. The summed E-state index contributed by atoms with van der Waals surface area (Å²) in [5.41, 5.74) is 1.28. The monoisotopic (exact) mass is 277 g/mol. The fraction of sp³-hybridized carbons (Fsp3) is 0.824. The van der Waals surface area contributed by atoms with E-state index < -0.39 is 0 Å². The summed E-state index contributed by atoms with van der Waals surface area (Å²) >= 11 is 0. The first-order valence-corrected chi connectivity index (χ1v) is 8.65. The van der Waals surface area contributed by atoms with E-state index in [-0.39, 0.29) is 0 Å². The van der Waals surface area contributed by atoms with Crippen LogP contribution in [0.2, 0.25) is 0 Å². The highest BCUT2D eigenvalue weighted by Crippen LogP contribution is 2.12. The molecular weight excluding hydrogens is 246 g/mol. The lowest BCUT2D eigenvalue weighted by atomic mass is 10.1. The number of imidazole rings is 1. The topological polar surface area (TPSA) is 31.9 Å². The zero-order valence-electron chi connectivity index (χ0n) is 12.9. The molecule has 1 fully saturated rings. The first-order chi connectivity index (χ1) is 9.95. The second-order valence-corrected chi connectivity index (χ2v) is 6.20. The van der Waals surface area contributed by atoms with Crippen LogP contribution in [0.4, 0.5) is 0 Å². The van der Waals surface area contributed by atoms with Gasteiger partial charge in [-0.2, -0.15) is 0 Å². The van der Waals surface area contributed by atoms with Gasteiger partial charge in [0.25, 0.3) is 0 Å². The van der Waals surface area contributed by atoms with Crippen molar-refractivity contribution in [2.75, 3.05) is 19.6 Å². The van der Waals surface area contributed by atoms with Gasteiger partial charge in [-0.3, -0.25) is 0 Å². The Labute approximate surface area is 124 Å². The third-order valence-electron chi connectivity index (χ3n) is 4.42. The lowest BCUT2D eigenvalue weighted by Crippen LogP contribution is -2.20. The van der Waals surface area contributed by atoms with E-state index in [0.29, 0.717) is 0 Å². The molecule has 3 heteroatoms. The maximum Gasteiger partial charge on any atom is 0.0921 e. The Morgan fingerprint density at radius 1 is 0.900 bits per heavy atom. The number of aromatic amines is 1. The third kappa shape index (κ3) is 6.56. The number of nitrogens with one attached hydrogen (secondary N) is 1. The smallest absolute Gasteiger partial charge is 0.0921 e. The van der Waals surface area contributed by atoms with E-state index in [9.17, 15) is 0 Å². The van der Waals surface area contributed by atoms with Crippen LogP contribution in [0.3, 0.4) is 0 Å². The molecule has 1 aliphatic rings. The van der Waals surface area contributed by atoms with Gasteiger partial charge < -0.3 is 9.88 Å². The van der Waals surface area contributed by atoms with Gasteiger partial charge in [0.15, 0.2) is 0 Å². The number of unbranched alkanes of at least 4 members (excludes halogenated alkanes) is 7. The Hall–Kier alpha value is -0.830. The molecule has 1 aromatic heterocycles. The predicted molar refractivity (Wildman–Crippen MR) is 84.9 cm³/mol. The standard InChI is InChI=1S/C17H31N3/c1(3-5-7-11-17-15-18-16-19-17)2-4-6-8-12-20-13-9-10-14-20/h15-16H,1-14H2,(H,18,19). The van der Waals surface area contributed by atoms with Gasteiger partial charge in [0, 0.05) is 11.9 Å².